The molecular formula is C14H27N3O2. The fourth-order valence-corrected chi connectivity index (χ4v) is 3.01. The number of carbonyl (C=O) groups excluding carboxylic acids is 1. The zero-order valence-electron chi connectivity index (χ0n) is 12.2. The van der Waals surface area contributed by atoms with Crippen LogP contribution >= 0.6 is 0 Å². The molecule has 0 aromatic heterocycles. The van der Waals surface area contributed by atoms with E-state index in [0.29, 0.717) is 12.0 Å². The van der Waals surface area contributed by atoms with E-state index >= 15 is 0 Å². The summed E-state index contributed by atoms with van der Waals surface area (Å²) in [6, 6.07) is 0.0965. The highest BCUT2D eigenvalue weighted by Gasteiger charge is 2.26. The zero-order valence-corrected chi connectivity index (χ0v) is 12.2. The fourth-order valence-electron chi connectivity index (χ4n) is 3.01. The van der Waals surface area contributed by atoms with Crippen LogP contribution in [0.3, 0.4) is 0 Å². The van der Waals surface area contributed by atoms with Gasteiger partial charge in [0.1, 0.15) is 0 Å². The Bertz CT molecular complexity index is 290. The molecule has 0 aromatic rings. The van der Waals surface area contributed by atoms with Crippen molar-refractivity contribution >= 4 is 6.03 Å². The molecule has 0 spiro atoms. The molecule has 2 aliphatic rings. The normalized spacial score (nSPS) is 27.2. The molecular weight excluding hydrogens is 242 g/mol. The third kappa shape index (κ3) is 4.66. The largest absolute Gasteiger partial charge is 0.378 e. The summed E-state index contributed by atoms with van der Waals surface area (Å²) in [6.07, 6.45) is 4.74. The van der Waals surface area contributed by atoms with E-state index in [1.165, 1.54) is 0 Å². The van der Waals surface area contributed by atoms with Crippen LogP contribution in [0.25, 0.3) is 0 Å². The van der Waals surface area contributed by atoms with Crippen LogP contribution in [0.4, 0.5) is 4.79 Å². The van der Waals surface area contributed by atoms with Crippen LogP contribution in [0.5, 0.6) is 0 Å². The first kappa shape index (κ1) is 14.6. The van der Waals surface area contributed by atoms with Gasteiger partial charge in [-0.25, -0.2) is 4.79 Å². The van der Waals surface area contributed by atoms with Gasteiger partial charge in [0.15, 0.2) is 0 Å². The molecule has 2 heterocycles. The summed E-state index contributed by atoms with van der Waals surface area (Å²) in [7, 11) is 4.18. The minimum atomic E-state index is 0.0965. The van der Waals surface area contributed by atoms with Crippen molar-refractivity contribution in [3.63, 3.8) is 0 Å². The third-order valence-corrected chi connectivity index (χ3v) is 3.96. The Labute approximate surface area is 116 Å². The molecule has 0 bridgehead atoms. The van der Waals surface area contributed by atoms with Gasteiger partial charge in [0, 0.05) is 32.8 Å². The average molecular weight is 269 g/mol. The van der Waals surface area contributed by atoms with Gasteiger partial charge < -0.3 is 19.9 Å². The van der Waals surface area contributed by atoms with Crippen molar-refractivity contribution in [3.8, 4) is 0 Å². The van der Waals surface area contributed by atoms with Crippen LogP contribution in [0.15, 0.2) is 0 Å². The highest BCUT2D eigenvalue weighted by atomic mass is 16.5. The first-order valence-electron chi connectivity index (χ1n) is 7.44. The molecule has 0 radical (unpaired) electrons. The van der Waals surface area contributed by atoms with Gasteiger partial charge in [0.05, 0.1) is 6.10 Å². The molecule has 1 N–H and O–H groups in total. The Morgan fingerprint density at radius 2 is 2.26 bits per heavy atom. The van der Waals surface area contributed by atoms with Crippen molar-refractivity contribution in [3.05, 3.63) is 0 Å². The Kier molecular flexibility index (Phi) is 5.45. The summed E-state index contributed by atoms with van der Waals surface area (Å²) in [5.74, 6) is 0.624. The molecule has 2 unspecified atom stereocenters. The summed E-state index contributed by atoms with van der Waals surface area (Å²) < 4.78 is 5.55. The van der Waals surface area contributed by atoms with E-state index in [1.807, 2.05) is 4.90 Å². The molecule has 2 atom stereocenters. The van der Waals surface area contributed by atoms with Crippen LogP contribution < -0.4 is 5.32 Å². The maximum Gasteiger partial charge on any atom is 0.317 e. The zero-order chi connectivity index (χ0) is 13.7. The van der Waals surface area contributed by atoms with E-state index in [9.17, 15) is 4.79 Å². The van der Waals surface area contributed by atoms with Gasteiger partial charge in [0.2, 0.25) is 0 Å². The van der Waals surface area contributed by atoms with Crippen LogP contribution in [0, 0.1) is 5.92 Å². The molecule has 2 fully saturated rings. The minimum Gasteiger partial charge on any atom is -0.378 e. The highest BCUT2D eigenvalue weighted by molar-refractivity contribution is 5.74. The van der Waals surface area contributed by atoms with Gasteiger partial charge in [-0.2, -0.15) is 0 Å². The van der Waals surface area contributed by atoms with E-state index in [4.69, 9.17) is 4.74 Å². The summed E-state index contributed by atoms with van der Waals surface area (Å²) in [5, 5.41) is 3.02. The van der Waals surface area contributed by atoms with Crippen molar-refractivity contribution in [1.29, 1.82) is 0 Å². The van der Waals surface area contributed by atoms with Crippen LogP contribution in [0.2, 0.25) is 0 Å². The van der Waals surface area contributed by atoms with E-state index in [0.717, 1.165) is 58.5 Å². The van der Waals surface area contributed by atoms with E-state index in [-0.39, 0.29) is 6.03 Å². The number of urea groups is 1. The molecule has 2 saturated heterocycles. The monoisotopic (exact) mass is 269 g/mol. The molecule has 5 nitrogen and oxygen atoms in total. The average Bonchev–Trinajstić information content (AvgIpc) is 2.99. The highest BCUT2D eigenvalue weighted by Crippen LogP contribution is 2.17. The second-order valence-electron chi connectivity index (χ2n) is 6.02. The fraction of sp³-hybridized carbons (Fsp3) is 0.929. The number of amides is 2. The lowest BCUT2D eigenvalue weighted by molar-refractivity contribution is 0.104. The smallest absolute Gasteiger partial charge is 0.317 e. The van der Waals surface area contributed by atoms with E-state index < -0.39 is 0 Å². The number of ether oxygens (including phenoxy) is 1. The number of nitrogens with one attached hydrogen (secondary N) is 1. The number of rotatable bonds is 5. The molecule has 2 rings (SSSR count). The quantitative estimate of drug-likeness (QED) is 0.814. The van der Waals surface area contributed by atoms with Gasteiger partial charge in [-0.05, 0) is 45.7 Å². The molecule has 2 aliphatic heterocycles. The van der Waals surface area contributed by atoms with Gasteiger partial charge in [-0.15, -0.1) is 0 Å². The van der Waals surface area contributed by atoms with Gasteiger partial charge in [0.25, 0.3) is 0 Å². The first-order chi connectivity index (χ1) is 9.15. The topological polar surface area (TPSA) is 44.8 Å². The Morgan fingerprint density at radius 3 is 2.95 bits per heavy atom. The molecule has 5 heteroatoms. The lowest BCUT2D eigenvalue weighted by Gasteiger charge is -2.19. The van der Waals surface area contributed by atoms with E-state index in [1.54, 1.807) is 0 Å². The summed E-state index contributed by atoms with van der Waals surface area (Å²) in [5.41, 5.74) is 0. The maximum absolute atomic E-state index is 12.0. The van der Waals surface area contributed by atoms with Crippen LogP contribution in [-0.4, -0.2) is 68.8 Å². The van der Waals surface area contributed by atoms with Crippen LogP contribution in [0.1, 0.15) is 25.7 Å². The first-order valence-corrected chi connectivity index (χ1v) is 7.44. The van der Waals surface area contributed by atoms with Gasteiger partial charge in [-0.3, -0.25) is 0 Å². The summed E-state index contributed by atoms with van der Waals surface area (Å²) in [4.78, 5) is 16.2. The molecule has 2 amide bonds. The lowest BCUT2D eigenvalue weighted by Crippen LogP contribution is -2.40. The van der Waals surface area contributed by atoms with Crippen molar-refractivity contribution in [2.24, 2.45) is 5.92 Å². The van der Waals surface area contributed by atoms with Crippen molar-refractivity contribution < 1.29 is 9.53 Å². The molecule has 0 saturated carbocycles. The second kappa shape index (κ2) is 7.10. The predicted molar refractivity (Wildman–Crippen MR) is 75.2 cm³/mol. The summed E-state index contributed by atoms with van der Waals surface area (Å²) >= 11 is 0. The Morgan fingerprint density at radius 1 is 1.42 bits per heavy atom. The number of nitrogens with zero attached hydrogens (tertiary/aromatic N) is 2. The number of hydrogen-bond donors (Lipinski definition) is 1. The molecule has 110 valence electrons. The van der Waals surface area contributed by atoms with Crippen LogP contribution in [-0.2, 0) is 4.74 Å². The second-order valence-corrected chi connectivity index (χ2v) is 6.02. The van der Waals surface area contributed by atoms with E-state index in [2.05, 4.69) is 24.3 Å². The van der Waals surface area contributed by atoms with Crippen molar-refractivity contribution in [1.82, 2.24) is 15.1 Å². The molecule has 0 aromatic carbocycles. The SMILES string of the molecule is CN(C)CC1CCN(C(=O)NCCC2CCCO2)C1. The number of hydrogen-bond acceptors (Lipinski definition) is 3. The molecule has 0 aliphatic carbocycles. The van der Waals surface area contributed by atoms with Gasteiger partial charge >= 0.3 is 6.03 Å². The standard InChI is InChI=1S/C14H27N3O2/c1-16(2)10-12-6-8-17(11-12)14(18)15-7-5-13-4-3-9-19-13/h12-13H,3-11H2,1-2H3,(H,15,18). The third-order valence-electron chi connectivity index (χ3n) is 3.96. The number of likely N-dealkylation sites (tertiary alicyclic amines) is 1. The maximum atomic E-state index is 12.0. The summed E-state index contributed by atoms with van der Waals surface area (Å²) in [6.45, 7) is 4.48. The lowest BCUT2D eigenvalue weighted by atomic mass is 10.1. The number of carbonyl (C=O) groups is 1. The Hall–Kier alpha value is -0.810. The minimum absolute atomic E-state index is 0.0965. The molecule has 19 heavy (non-hydrogen) atoms. The van der Waals surface area contributed by atoms with Gasteiger partial charge in [-0.1, -0.05) is 0 Å². The predicted octanol–water partition coefficient (Wildman–Crippen LogP) is 1.15. The Balaban J connectivity index is 1.61. The van der Waals surface area contributed by atoms with Crippen molar-refractivity contribution in [2.75, 3.05) is 46.9 Å². The van der Waals surface area contributed by atoms with Crippen molar-refractivity contribution in [2.45, 2.75) is 31.8 Å².